The molecule has 1 rings (SSSR count). The van der Waals surface area contributed by atoms with Gasteiger partial charge in [0.05, 0.1) is 6.33 Å². The summed E-state index contributed by atoms with van der Waals surface area (Å²) in [6.45, 7) is 5.63. The largest absolute Gasteiger partial charge is 0.444 e. The van der Waals surface area contributed by atoms with E-state index in [-0.39, 0.29) is 6.42 Å². The van der Waals surface area contributed by atoms with E-state index < -0.39 is 17.6 Å². The quantitative estimate of drug-likeness (QED) is 0.561. The maximum Gasteiger partial charge on any atom is 0.413 e. The molecule has 0 atom stereocenters. The van der Waals surface area contributed by atoms with Gasteiger partial charge in [-0.1, -0.05) is 0 Å². The normalized spacial score (nSPS) is 10.9. The fourth-order valence-electron chi connectivity index (χ4n) is 1.24. The lowest BCUT2D eigenvalue weighted by Crippen LogP contribution is -2.27. The molecule has 0 unspecified atom stereocenters. The average molecular weight is 270 g/mol. The van der Waals surface area contributed by atoms with E-state index in [1.54, 1.807) is 31.5 Å². The molecule has 106 valence electrons. The maximum atomic E-state index is 11.5. The molecule has 19 heavy (non-hydrogen) atoms. The van der Waals surface area contributed by atoms with E-state index in [0.29, 0.717) is 12.4 Å². The summed E-state index contributed by atoms with van der Waals surface area (Å²) in [6.07, 6.45) is 2.55. The SMILES string of the molecule is CC(C)(C)OC(=O)Nc1cn(CCC(=O)NO)cn1. The lowest BCUT2D eigenvalue weighted by molar-refractivity contribution is -0.129. The third-order valence-corrected chi connectivity index (χ3v) is 1.98. The Hall–Kier alpha value is -2.09. The Labute approximate surface area is 110 Å². The third-order valence-electron chi connectivity index (χ3n) is 1.98. The Morgan fingerprint density at radius 1 is 1.47 bits per heavy atom. The van der Waals surface area contributed by atoms with E-state index in [2.05, 4.69) is 10.3 Å². The summed E-state index contributed by atoms with van der Waals surface area (Å²) in [5, 5.41) is 10.8. The van der Waals surface area contributed by atoms with Crippen molar-refractivity contribution in [3.8, 4) is 0 Å². The molecule has 0 radical (unpaired) electrons. The van der Waals surface area contributed by atoms with Crippen LogP contribution < -0.4 is 10.8 Å². The molecule has 1 heterocycles. The number of carbonyl (C=O) groups excluding carboxylic acids is 2. The second-order valence-corrected chi connectivity index (χ2v) is 4.91. The Morgan fingerprint density at radius 3 is 2.74 bits per heavy atom. The first kappa shape index (κ1) is 15.0. The summed E-state index contributed by atoms with van der Waals surface area (Å²) in [4.78, 5) is 26.3. The van der Waals surface area contributed by atoms with Crippen LogP contribution in [0.2, 0.25) is 0 Å². The Bertz CT molecular complexity index is 450. The van der Waals surface area contributed by atoms with Crippen molar-refractivity contribution in [2.24, 2.45) is 0 Å². The molecule has 1 aromatic heterocycles. The highest BCUT2D eigenvalue weighted by Gasteiger charge is 2.16. The number of nitrogens with zero attached hydrogens (tertiary/aromatic N) is 2. The topological polar surface area (TPSA) is 105 Å². The number of carbonyl (C=O) groups is 2. The molecule has 0 fully saturated rings. The highest BCUT2D eigenvalue weighted by molar-refractivity contribution is 5.83. The first-order chi connectivity index (χ1) is 8.80. The number of amides is 2. The van der Waals surface area contributed by atoms with Crippen LogP contribution in [-0.4, -0.2) is 32.4 Å². The first-order valence-electron chi connectivity index (χ1n) is 5.75. The van der Waals surface area contributed by atoms with Crippen molar-refractivity contribution in [2.75, 3.05) is 5.32 Å². The van der Waals surface area contributed by atoms with Gasteiger partial charge in [0.2, 0.25) is 5.91 Å². The number of nitrogens with one attached hydrogen (secondary N) is 2. The van der Waals surface area contributed by atoms with Crippen LogP contribution in [-0.2, 0) is 16.1 Å². The highest BCUT2D eigenvalue weighted by Crippen LogP contribution is 2.10. The summed E-state index contributed by atoms with van der Waals surface area (Å²) >= 11 is 0. The molecule has 0 saturated heterocycles. The van der Waals surface area contributed by atoms with E-state index in [1.165, 1.54) is 11.8 Å². The predicted octanol–water partition coefficient (Wildman–Crippen LogP) is 1.13. The molecule has 8 heteroatoms. The van der Waals surface area contributed by atoms with Gasteiger partial charge in [-0.15, -0.1) is 0 Å². The van der Waals surface area contributed by atoms with Crippen molar-refractivity contribution in [3.63, 3.8) is 0 Å². The zero-order valence-electron chi connectivity index (χ0n) is 11.1. The van der Waals surface area contributed by atoms with Gasteiger partial charge >= 0.3 is 6.09 Å². The van der Waals surface area contributed by atoms with E-state index in [4.69, 9.17) is 9.94 Å². The molecule has 0 bridgehead atoms. The minimum absolute atomic E-state index is 0.110. The lowest BCUT2D eigenvalue weighted by Gasteiger charge is -2.19. The second kappa shape index (κ2) is 6.19. The summed E-state index contributed by atoms with van der Waals surface area (Å²) < 4.78 is 6.68. The van der Waals surface area contributed by atoms with Crippen LogP contribution in [0.1, 0.15) is 27.2 Å². The molecule has 0 aliphatic heterocycles. The fraction of sp³-hybridized carbons (Fsp3) is 0.545. The van der Waals surface area contributed by atoms with Crippen LogP contribution in [0.3, 0.4) is 0 Å². The van der Waals surface area contributed by atoms with Crippen LogP contribution in [0.4, 0.5) is 10.6 Å². The van der Waals surface area contributed by atoms with Crippen molar-refractivity contribution in [3.05, 3.63) is 12.5 Å². The number of rotatable bonds is 4. The molecule has 2 amide bonds. The van der Waals surface area contributed by atoms with Crippen molar-refractivity contribution >= 4 is 17.8 Å². The van der Waals surface area contributed by atoms with Crippen molar-refractivity contribution < 1.29 is 19.5 Å². The highest BCUT2D eigenvalue weighted by atomic mass is 16.6. The van der Waals surface area contributed by atoms with E-state index in [1.807, 2.05) is 0 Å². The summed E-state index contributed by atoms with van der Waals surface area (Å²) in [6, 6.07) is 0. The van der Waals surface area contributed by atoms with Gasteiger partial charge in [-0.3, -0.25) is 15.3 Å². The zero-order valence-corrected chi connectivity index (χ0v) is 11.1. The second-order valence-electron chi connectivity index (χ2n) is 4.91. The molecule has 1 aromatic rings. The first-order valence-corrected chi connectivity index (χ1v) is 5.75. The van der Waals surface area contributed by atoms with Gasteiger partial charge in [-0.25, -0.2) is 15.3 Å². The Morgan fingerprint density at radius 2 is 2.16 bits per heavy atom. The molecule has 0 aliphatic rings. The van der Waals surface area contributed by atoms with Gasteiger partial charge in [0.25, 0.3) is 0 Å². The van der Waals surface area contributed by atoms with Crippen LogP contribution in [0.5, 0.6) is 0 Å². The van der Waals surface area contributed by atoms with Crippen LogP contribution in [0, 0.1) is 0 Å². The Balaban J connectivity index is 2.46. The van der Waals surface area contributed by atoms with Crippen molar-refractivity contribution in [2.45, 2.75) is 39.3 Å². The van der Waals surface area contributed by atoms with Crippen molar-refractivity contribution in [1.82, 2.24) is 15.0 Å². The number of hydrogen-bond donors (Lipinski definition) is 3. The maximum absolute atomic E-state index is 11.5. The Kier molecular flexibility index (Phi) is 4.87. The van der Waals surface area contributed by atoms with E-state index in [0.717, 1.165) is 0 Å². The molecular weight excluding hydrogens is 252 g/mol. The smallest absolute Gasteiger partial charge is 0.413 e. The standard InChI is InChI=1S/C11H18N4O4/c1-11(2,3)19-10(17)13-8-6-15(7-12-8)5-4-9(16)14-18/h6-7,18H,4-5H2,1-3H3,(H,13,17)(H,14,16). The van der Waals surface area contributed by atoms with Gasteiger partial charge in [0.1, 0.15) is 5.60 Å². The molecule has 0 aliphatic carbocycles. The number of hydroxylamine groups is 1. The number of aromatic nitrogens is 2. The molecular formula is C11H18N4O4. The van der Waals surface area contributed by atoms with Gasteiger partial charge in [-0.05, 0) is 20.8 Å². The number of anilines is 1. The third kappa shape index (κ3) is 5.87. The molecule has 0 saturated carbocycles. The summed E-state index contributed by atoms with van der Waals surface area (Å²) in [5.41, 5.74) is 0.960. The van der Waals surface area contributed by atoms with E-state index in [9.17, 15) is 9.59 Å². The minimum atomic E-state index is -0.592. The lowest BCUT2D eigenvalue weighted by atomic mass is 10.2. The number of ether oxygens (including phenoxy) is 1. The molecule has 8 nitrogen and oxygen atoms in total. The predicted molar refractivity (Wildman–Crippen MR) is 66.6 cm³/mol. The van der Waals surface area contributed by atoms with Crippen LogP contribution >= 0.6 is 0 Å². The monoisotopic (exact) mass is 270 g/mol. The van der Waals surface area contributed by atoms with Gasteiger partial charge < -0.3 is 9.30 Å². The molecule has 0 aromatic carbocycles. The minimum Gasteiger partial charge on any atom is -0.444 e. The number of imidazole rings is 1. The van der Waals surface area contributed by atoms with Crippen LogP contribution in [0.25, 0.3) is 0 Å². The van der Waals surface area contributed by atoms with E-state index >= 15 is 0 Å². The molecule has 3 N–H and O–H groups in total. The molecule has 0 spiro atoms. The number of hydrogen-bond acceptors (Lipinski definition) is 5. The number of aryl methyl sites for hydroxylation is 1. The van der Waals surface area contributed by atoms with Crippen molar-refractivity contribution in [1.29, 1.82) is 0 Å². The summed E-state index contributed by atoms with van der Waals surface area (Å²) in [7, 11) is 0. The van der Waals surface area contributed by atoms with Gasteiger partial charge in [-0.2, -0.15) is 0 Å². The van der Waals surface area contributed by atoms with Gasteiger partial charge in [0, 0.05) is 19.2 Å². The average Bonchev–Trinajstić information content (AvgIpc) is 2.70. The fourth-order valence-corrected chi connectivity index (χ4v) is 1.24. The zero-order chi connectivity index (χ0) is 14.5. The van der Waals surface area contributed by atoms with Crippen LogP contribution in [0.15, 0.2) is 12.5 Å². The summed E-state index contributed by atoms with van der Waals surface area (Å²) in [5.74, 6) is -0.158. The van der Waals surface area contributed by atoms with Gasteiger partial charge in [0.15, 0.2) is 5.82 Å².